The number of rotatable bonds is 6. The zero-order chi connectivity index (χ0) is 20.8. The molecule has 0 bridgehead atoms. The molecule has 7 nitrogen and oxygen atoms in total. The van der Waals surface area contributed by atoms with E-state index in [4.69, 9.17) is 10.5 Å². The lowest BCUT2D eigenvalue weighted by Gasteiger charge is -2.14. The highest BCUT2D eigenvalue weighted by molar-refractivity contribution is 8.14. The summed E-state index contributed by atoms with van der Waals surface area (Å²) in [6, 6.07) is 16.8. The van der Waals surface area contributed by atoms with Gasteiger partial charge in [0.2, 0.25) is 11.8 Å². The Morgan fingerprint density at radius 3 is 2.48 bits per heavy atom. The van der Waals surface area contributed by atoms with Crippen LogP contribution < -0.4 is 10.5 Å². The number of nitrogens with two attached hydrogens (primary N) is 1. The normalized spacial score (nSPS) is 17.7. The molecule has 2 aromatic rings. The number of amidine groups is 1. The van der Waals surface area contributed by atoms with E-state index < -0.39 is 5.25 Å². The van der Waals surface area contributed by atoms with E-state index in [0.717, 1.165) is 28.6 Å². The molecule has 1 aliphatic rings. The molecule has 1 aliphatic heterocycles. The Balaban J connectivity index is 1.62. The number of carbonyl (C=O) groups is 2. The molecule has 1 fully saturated rings. The summed E-state index contributed by atoms with van der Waals surface area (Å²) in [6.07, 6.45) is 0.105. The minimum absolute atomic E-state index is 0.105. The smallest absolute Gasteiger partial charge is 0.243 e. The molecule has 0 aliphatic carbocycles. The molecule has 0 saturated carbocycles. The van der Waals surface area contributed by atoms with Crippen molar-refractivity contribution >= 4 is 34.5 Å². The lowest BCUT2D eigenvalue weighted by atomic mass is 10.1. The van der Waals surface area contributed by atoms with Gasteiger partial charge < -0.3 is 10.5 Å². The van der Waals surface area contributed by atoms with Gasteiger partial charge in [0, 0.05) is 6.42 Å². The van der Waals surface area contributed by atoms with Gasteiger partial charge in [-0.05, 0) is 42.3 Å². The van der Waals surface area contributed by atoms with E-state index in [1.54, 1.807) is 7.11 Å². The zero-order valence-corrected chi connectivity index (χ0v) is 17.1. The van der Waals surface area contributed by atoms with Crippen LogP contribution in [0.4, 0.5) is 0 Å². The van der Waals surface area contributed by atoms with Gasteiger partial charge in [-0.1, -0.05) is 42.1 Å². The minimum Gasteiger partial charge on any atom is -0.497 e. The van der Waals surface area contributed by atoms with Crippen LogP contribution in [-0.4, -0.2) is 40.0 Å². The quantitative estimate of drug-likeness (QED) is 0.342. The van der Waals surface area contributed by atoms with Gasteiger partial charge >= 0.3 is 0 Å². The van der Waals surface area contributed by atoms with E-state index in [1.165, 1.54) is 4.90 Å². The predicted molar refractivity (Wildman–Crippen MR) is 115 cm³/mol. The number of benzene rings is 2. The van der Waals surface area contributed by atoms with Crippen LogP contribution in [0.3, 0.4) is 0 Å². The average Bonchev–Trinajstić information content (AvgIpc) is 3.00. The number of ether oxygens (including phenoxy) is 1. The third kappa shape index (κ3) is 5.23. The third-order valence-corrected chi connectivity index (χ3v) is 5.43. The van der Waals surface area contributed by atoms with Crippen molar-refractivity contribution in [2.75, 3.05) is 7.11 Å². The van der Waals surface area contributed by atoms with Crippen LogP contribution in [0.15, 0.2) is 64.8 Å². The molecule has 0 aromatic heterocycles. The molecule has 29 heavy (non-hydrogen) atoms. The van der Waals surface area contributed by atoms with Crippen molar-refractivity contribution in [1.82, 2.24) is 4.90 Å². The first-order valence-electron chi connectivity index (χ1n) is 9.05. The number of amides is 2. The molecular weight excluding hydrogens is 388 g/mol. The summed E-state index contributed by atoms with van der Waals surface area (Å²) < 4.78 is 5.13. The van der Waals surface area contributed by atoms with Crippen molar-refractivity contribution in [3.8, 4) is 5.75 Å². The molecule has 1 atom stereocenters. The Hall–Kier alpha value is -3.13. The van der Waals surface area contributed by atoms with E-state index >= 15 is 0 Å². The van der Waals surface area contributed by atoms with E-state index in [-0.39, 0.29) is 29.9 Å². The van der Waals surface area contributed by atoms with Gasteiger partial charge in [-0.15, -0.1) is 5.10 Å². The highest BCUT2D eigenvalue weighted by Gasteiger charge is 2.39. The summed E-state index contributed by atoms with van der Waals surface area (Å²) in [5.41, 5.74) is 8.40. The minimum atomic E-state index is -0.577. The van der Waals surface area contributed by atoms with E-state index in [2.05, 4.69) is 10.2 Å². The first kappa shape index (κ1) is 20.6. The number of nitrogens with zero attached hydrogens (tertiary/aromatic N) is 3. The third-order valence-electron chi connectivity index (χ3n) is 4.46. The molecule has 2 aromatic carbocycles. The van der Waals surface area contributed by atoms with Gasteiger partial charge in [0.15, 0.2) is 5.17 Å². The second-order valence-corrected chi connectivity index (χ2v) is 7.69. The lowest BCUT2D eigenvalue weighted by Crippen LogP contribution is -2.31. The first-order chi connectivity index (χ1) is 14.0. The van der Waals surface area contributed by atoms with Gasteiger partial charge in [-0.3, -0.25) is 14.5 Å². The Morgan fingerprint density at radius 2 is 1.83 bits per heavy atom. The van der Waals surface area contributed by atoms with Crippen molar-refractivity contribution in [3.63, 3.8) is 0 Å². The number of imide groups is 1. The van der Waals surface area contributed by atoms with Crippen LogP contribution in [0.5, 0.6) is 5.75 Å². The number of carbonyl (C=O) groups excluding carboxylic acids is 2. The SMILES string of the molecule is COc1ccc(C(C)=NN=C(N)SC2CC(=O)N(Cc3ccccc3)C2=O)cc1. The van der Waals surface area contributed by atoms with Gasteiger partial charge in [0.1, 0.15) is 11.0 Å². The second kappa shape index (κ2) is 9.38. The van der Waals surface area contributed by atoms with E-state index in [1.807, 2.05) is 61.5 Å². The van der Waals surface area contributed by atoms with Crippen molar-refractivity contribution in [2.45, 2.75) is 25.1 Å². The number of methoxy groups -OCH3 is 1. The highest BCUT2D eigenvalue weighted by atomic mass is 32.2. The summed E-state index contributed by atoms with van der Waals surface area (Å²) >= 11 is 1.07. The monoisotopic (exact) mass is 410 g/mol. The number of hydrogen-bond donors (Lipinski definition) is 1. The van der Waals surface area contributed by atoms with Crippen LogP contribution in [0.2, 0.25) is 0 Å². The summed E-state index contributed by atoms with van der Waals surface area (Å²) in [4.78, 5) is 26.1. The van der Waals surface area contributed by atoms with Crippen molar-refractivity contribution < 1.29 is 14.3 Å². The van der Waals surface area contributed by atoms with Crippen LogP contribution >= 0.6 is 11.8 Å². The number of hydrogen-bond acceptors (Lipinski definition) is 6. The summed E-state index contributed by atoms with van der Waals surface area (Å²) in [5.74, 6) is 0.296. The molecular formula is C21H22N4O3S. The van der Waals surface area contributed by atoms with Gasteiger partial charge in [0.25, 0.3) is 0 Å². The molecule has 1 unspecified atom stereocenters. The molecule has 2 N–H and O–H groups in total. The molecule has 2 amide bonds. The lowest BCUT2D eigenvalue weighted by molar-refractivity contribution is -0.138. The van der Waals surface area contributed by atoms with Gasteiger partial charge in [0.05, 0.1) is 19.4 Å². The first-order valence-corrected chi connectivity index (χ1v) is 9.93. The fourth-order valence-electron chi connectivity index (χ4n) is 2.86. The predicted octanol–water partition coefficient (Wildman–Crippen LogP) is 2.79. The number of thioether (sulfide) groups is 1. The Morgan fingerprint density at radius 1 is 1.14 bits per heavy atom. The largest absolute Gasteiger partial charge is 0.497 e. The van der Waals surface area contributed by atoms with Gasteiger partial charge in [-0.2, -0.15) is 5.10 Å². The van der Waals surface area contributed by atoms with E-state index in [0.29, 0.717) is 5.71 Å². The molecule has 150 valence electrons. The van der Waals surface area contributed by atoms with Crippen molar-refractivity contribution in [1.29, 1.82) is 0 Å². The maximum absolute atomic E-state index is 12.6. The van der Waals surface area contributed by atoms with Crippen molar-refractivity contribution in [3.05, 3.63) is 65.7 Å². The van der Waals surface area contributed by atoms with E-state index in [9.17, 15) is 9.59 Å². The summed E-state index contributed by atoms with van der Waals surface area (Å²) in [6.45, 7) is 2.08. The maximum atomic E-state index is 12.6. The molecule has 3 rings (SSSR count). The Labute approximate surface area is 173 Å². The zero-order valence-electron chi connectivity index (χ0n) is 16.2. The van der Waals surface area contributed by atoms with Crippen LogP contribution in [0.1, 0.15) is 24.5 Å². The Bertz CT molecular complexity index is 942. The average molecular weight is 410 g/mol. The molecule has 0 spiro atoms. The van der Waals surface area contributed by atoms with Gasteiger partial charge in [-0.25, -0.2) is 0 Å². The standard InChI is InChI=1S/C21H22N4O3S/c1-14(16-8-10-17(28-2)11-9-16)23-24-21(22)29-18-12-19(26)25(20(18)27)13-15-6-4-3-5-7-15/h3-11,18H,12-13H2,1-2H3,(H2,22,24). The van der Waals surface area contributed by atoms with Crippen LogP contribution in [0, 0.1) is 0 Å². The molecule has 8 heteroatoms. The number of likely N-dealkylation sites (tertiary alicyclic amines) is 1. The van der Waals surface area contributed by atoms with Crippen LogP contribution in [0.25, 0.3) is 0 Å². The molecule has 1 heterocycles. The summed E-state index contributed by atoms with van der Waals surface area (Å²) in [5, 5.41) is 7.70. The summed E-state index contributed by atoms with van der Waals surface area (Å²) in [7, 11) is 1.61. The second-order valence-electron chi connectivity index (χ2n) is 6.47. The highest BCUT2D eigenvalue weighted by Crippen LogP contribution is 2.26. The van der Waals surface area contributed by atoms with Crippen LogP contribution in [-0.2, 0) is 16.1 Å². The fourth-order valence-corrected chi connectivity index (χ4v) is 3.69. The molecule has 0 radical (unpaired) electrons. The molecule has 1 saturated heterocycles. The Kier molecular flexibility index (Phi) is 6.66. The van der Waals surface area contributed by atoms with Crippen molar-refractivity contribution in [2.24, 2.45) is 15.9 Å². The topological polar surface area (TPSA) is 97.3 Å². The maximum Gasteiger partial charge on any atom is 0.243 e. The fraction of sp³-hybridized carbons (Fsp3) is 0.238.